The second-order valence-electron chi connectivity index (χ2n) is 7.00. The van der Waals surface area contributed by atoms with Gasteiger partial charge in [0.1, 0.15) is 0 Å². The number of fused-ring (bicyclic) bond motifs is 5. The SMILES string of the molecule is CCCCC(CC)Cc1cc2nccnc2c2c1[nH]c1ccccc12. The van der Waals surface area contributed by atoms with Crippen molar-refractivity contribution in [2.75, 3.05) is 0 Å². The molecular formula is C22H25N3. The lowest BCUT2D eigenvalue weighted by molar-refractivity contribution is 0.450. The van der Waals surface area contributed by atoms with Gasteiger partial charge < -0.3 is 4.98 Å². The van der Waals surface area contributed by atoms with E-state index in [1.165, 1.54) is 53.1 Å². The molecule has 0 radical (unpaired) electrons. The van der Waals surface area contributed by atoms with Crippen LogP contribution in [0.25, 0.3) is 32.8 Å². The highest BCUT2D eigenvalue weighted by molar-refractivity contribution is 6.19. The van der Waals surface area contributed by atoms with E-state index in [-0.39, 0.29) is 0 Å². The minimum atomic E-state index is 0.726. The van der Waals surface area contributed by atoms with Gasteiger partial charge in [-0.3, -0.25) is 9.97 Å². The number of H-pyrrole nitrogens is 1. The number of hydrogen-bond acceptors (Lipinski definition) is 2. The van der Waals surface area contributed by atoms with Crippen LogP contribution >= 0.6 is 0 Å². The zero-order chi connectivity index (χ0) is 17.2. The molecule has 2 aromatic heterocycles. The van der Waals surface area contributed by atoms with Gasteiger partial charge in [-0.05, 0) is 30.0 Å². The highest BCUT2D eigenvalue weighted by Gasteiger charge is 2.16. The molecule has 2 aromatic carbocycles. The lowest BCUT2D eigenvalue weighted by Crippen LogP contribution is -2.04. The molecule has 3 heteroatoms. The molecule has 25 heavy (non-hydrogen) atoms. The Hall–Kier alpha value is -2.42. The summed E-state index contributed by atoms with van der Waals surface area (Å²) >= 11 is 0. The Morgan fingerprint density at radius 3 is 2.76 bits per heavy atom. The third kappa shape index (κ3) is 2.88. The smallest absolute Gasteiger partial charge is 0.0986 e. The van der Waals surface area contributed by atoms with E-state index in [9.17, 15) is 0 Å². The van der Waals surface area contributed by atoms with Crippen molar-refractivity contribution in [1.29, 1.82) is 0 Å². The van der Waals surface area contributed by atoms with E-state index >= 15 is 0 Å². The third-order valence-corrected chi connectivity index (χ3v) is 5.35. The molecular weight excluding hydrogens is 306 g/mol. The topological polar surface area (TPSA) is 41.6 Å². The number of hydrogen-bond donors (Lipinski definition) is 1. The molecule has 0 amide bonds. The van der Waals surface area contributed by atoms with Crippen LogP contribution < -0.4 is 0 Å². The van der Waals surface area contributed by atoms with Gasteiger partial charge in [-0.2, -0.15) is 0 Å². The van der Waals surface area contributed by atoms with Crippen LogP contribution in [-0.4, -0.2) is 15.0 Å². The molecule has 0 aliphatic carbocycles. The lowest BCUT2D eigenvalue weighted by Gasteiger charge is -2.15. The van der Waals surface area contributed by atoms with Crippen LogP contribution in [0.2, 0.25) is 0 Å². The summed E-state index contributed by atoms with van der Waals surface area (Å²) in [5.74, 6) is 0.726. The van der Waals surface area contributed by atoms with Crippen LogP contribution in [-0.2, 0) is 6.42 Å². The van der Waals surface area contributed by atoms with Gasteiger partial charge >= 0.3 is 0 Å². The monoisotopic (exact) mass is 331 g/mol. The number of aromatic nitrogens is 3. The molecule has 2 heterocycles. The number of rotatable bonds is 6. The van der Waals surface area contributed by atoms with Gasteiger partial charge in [0.25, 0.3) is 0 Å². The maximum atomic E-state index is 4.64. The van der Waals surface area contributed by atoms with Crippen molar-refractivity contribution >= 4 is 32.8 Å². The molecule has 0 bridgehead atoms. The van der Waals surface area contributed by atoms with Gasteiger partial charge in [-0.25, -0.2) is 0 Å². The minimum Gasteiger partial charge on any atom is -0.354 e. The molecule has 4 aromatic rings. The first-order chi connectivity index (χ1) is 12.3. The summed E-state index contributed by atoms with van der Waals surface area (Å²) in [4.78, 5) is 12.9. The Morgan fingerprint density at radius 2 is 1.92 bits per heavy atom. The van der Waals surface area contributed by atoms with E-state index in [4.69, 9.17) is 0 Å². The van der Waals surface area contributed by atoms with Crippen molar-refractivity contribution in [3.8, 4) is 0 Å². The van der Waals surface area contributed by atoms with Crippen LogP contribution in [0.4, 0.5) is 0 Å². The number of aromatic amines is 1. The summed E-state index contributed by atoms with van der Waals surface area (Å²) in [5, 5.41) is 2.47. The molecule has 0 fully saturated rings. The fourth-order valence-corrected chi connectivity index (χ4v) is 3.93. The summed E-state index contributed by atoms with van der Waals surface area (Å²) in [7, 11) is 0. The zero-order valence-corrected chi connectivity index (χ0v) is 15.0. The van der Waals surface area contributed by atoms with Gasteiger partial charge in [0, 0.05) is 28.7 Å². The molecule has 1 N–H and O–H groups in total. The zero-order valence-electron chi connectivity index (χ0n) is 15.0. The number of benzene rings is 2. The fourth-order valence-electron chi connectivity index (χ4n) is 3.93. The number of para-hydroxylation sites is 1. The normalized spacial score (nSPS) is 13.0. The number of nitrogens with zero attached hydrogens (tertiary/aromatic N) is 2. The fraction of sp³-hybridized carbons (Fsp3) is 0.364. The van der Waals surface area contributed by atoms with Crippen molar-refractivity contribution in [2.45, 2.75) is 46.0 Å². The molecule has 0 aliphatic rings. The summed E-state index contributed by atoms with van der Waals surface area (Å²) in [6.45, 7) is 4.58. The Kier molecular flexibility index (Phi) is 4.39. The minimum absolute atomic E-state index is 0.726. The van der Waals surface area contributed by atoms with Crippen LogP contribution in [0.5, 0.6) is 0 Å². The van der Waals surface area contributed by atoms with Crippen molar-refractivity contribution in [1.82, 2.24) is 15.0 Å². The standard InChI is InChI=1S/C22H25N3/c1-3-5-8-15(4-2)13-16-14-19-22(24-12-11-23-19)20-17-9-6-7-10-18(17)25-21(16)20/h6-7,9-12,14-15,25H,3-5,8,13H2,1-2H3. The Balaban J connectivity index is 1.93. The van der Waals surface area contributed by atoms with E-state index in [1.807, 2.05) is 0 Å². The molecule has 0 saturated carbocycles. The summed E-state index contributed by atoms with van der Waals surface area (Å²) < 4.78 is 0. The third-order valence-electron chi connectivity index (χ3n) is 5.35. The molecule has 128 valence electrons. The highest BCUT2D eigenvalue weighted by atomic mass is 14.8. The van der Waals surface area contributed by atoms with Gasteiger partial charge in [-0.1, -0.05) is 57.7 Å². The van der Waals surface area contributed by atoms with Crippen molar-refractivity contribution < 1.29 is 0 Å². The van der Waals surface area contributed by atoms with E-state index in [0.29, 0.717) is 0 Å². The largest absolute Gasteiger partial charge is 0.354 e. The van der Waals surface area contributed by atoms with Crippen molar-refractivity contribution in [3.63, 3.8) is 0 Å². The van der Waals surface area contributed by atoms with E-state index in [0.717, 1.165) is 23.4 Å². The Labute approximate surface area is 148 Å². The molecule has 3 nitrogen and oxygen atoms in total. The summed E-state index contributed by atoms with van der Waals surface area (Å²) in [6, 6.07) is 10.8. The van der Waals surface area contributed by atoms with Crippen molar-refractivity contribution in [2.24, 2.45) is 5.92 Å². The first-order valence-corrected chi connectivity index (χ1v) is 9.44. The molecule has 1 unspecified atom stereocenters. The van der Waals surface area contributed by atoms with Crippen molar-refractivity contribution in [3.05, 3.63) is 48.3 Å². The van der Waals surface area contributed by atoms with Crippen LogP contribution in [0, 0.1) is 5.92 Å². The number of unbranched alkanes of at least 4 members (excludes halogenated alkanes) is 1. The number of nitrogens with one attached hydrogen (secondary N) is 1. The maximum absolute atomic E-state index is 4.64. The van der Waals surface area contributed by atoms with Gasteiger partial charge in [0.05, 0.1) is 16.6 Å². The summed E-state index contributed by atoms with van der Waals surface area (Å²) in [5.41, 5.74) is 5.80. The van der Waals surface area contributed by atoms with E-state index in [1.54, 1.807) is 12.4 Å². The molecule has 0 spiro atoms. The quantitative estimate of drug-likeness (QED) is 0.469. The predicted molar refractivity (Wildman–Crippen MR) is 106 cm³/mol. The maximum Gasteiger partial charge on any atom is 0.0986 e. The first-order valence-electron chi connectivity index (χ1n) is 9.44. The second-order valence-corrected chi connectivity index (χ2v) is 7.00. The average molecular weight is 331 g/mol. The lowest BCUT2D eigenvalue weighted by atomic mass is 9.90. The Bertz CT molecular complexity index is 1020. The first kappa shape index (κ1) is 16.1. The summed E-state index contributed by atoms with van der Waals surface area (Å²) in [6.07, 6.45) is 9.78. The molecule has 0 aliphatic heterocycles. The Morgan fingerprint density at radius 1 is 1.08 bits per heavy atom. The predicted octanol–water partition coefficient (Wildman–Crippen LogP) is 6.02. The second kappa shape index (κ2) is 6.83. The average Bonchev–Trinajstić information content (AvgIpc) is 3.05. The molecule has 0 saturated heterocycles. The van der Waals surface area contributed by atoms with Gasteiger partial charge in [-0.15, -0.1) is 0 Å². The van der Waals surface area contributed by atoms with E-state index < -0.39 is 0 Å². The van der Waals surface area contributed by atoms with Gasteiger partial charge in [0.15, 0.2) is 0 Å². The highest BCUT2D eigenvalue weighted by Crippen LogP contribution is 2.34. The van der Waals surface area contributed by atoms with E-state index in [2.05, 4.69) is 59.1 Å². The van der Waals surface area contributed by atoms with Crippen LogP contribution in [0.1, 0.15) is 45.1 Å². The molecule has 1 atom stereocenters. The van der Waals surface area contributed by atoms with Crippen LogP contribution in [0.15, 0.2) is 42.7 Å². The van der Waals surface area contributed by atoms with Crippen LogP contribution in [0.3, 0.4) is 0 Å². The molecule has 4 rings (SSSR count). The van der Waals surface area contributed by atoms with Gasteiger partial charge in [0.2, 0.25) is 0 Å².